The molecule has 19 heavy (non-hydrogen) atoms. The minimum atomic E-state index is -0.338. The summed E-state index contributed by atoms with van der Waals surface area (Å²) in [5, 5.41) is 0. The van der Waals surface area contributed by atoms with E-state index in [1.54, 1.807) is 6.07 Å². The maximum atomic E-state index is 13.5. The first-order valence-corrected chi connectivity index (χ1v) is 7.95. The molecule has 1 nitrogen and oxygen atoms in total. The van der Waals surface area contributed by atoms with Gasteiger partial charge in [0.2, 0.25) is 0 Å². The van der Waals surface area contributed by atoms with Crippen LogP contribution in [0.2, 0.25) is 0 Å². The second-order valence-electron chi connectivity index (χ2n) is 3.93. The summed E-state index contributed by atoms with van der Waals surface area (Å²) in [6, 6.07) is 11.0. The molecule has 0 aliphatic carbocycles. The highest BCUT2D eigenvalue weighted by Gasteiger charge is 2.18. The Morgan fingerprint density at radius 3 is 2.53 bits per heavy atom. The highest BCUT2D eigenvalue weighted by Crippen LogP contribution is 2.39. The normalized spacial score (nSPS) is 12.3. The standard InChI is InChI=1S/C14H10Br3FO/c1-19-13-7-12(18)11(16)6-10(13)14(17)8-3-2-4-9(15)5-8/h2-7,14H,1H3. The topological polar surface area (TPSA) is 9.23 Å². The van der Waals surface area contributed by atoms with E-state index >= 15 is 0 Å². The Hall–Kier alpha value is -0.390. The lowest BCUT2D eigenvalue weighted by Crippen LogP contribution is -1.98. The van der Waals surface area contributed by atoms with Gasteiger partial charge in [-0.1, -0.05) is 44.0 Å². The lowest BCUT2D eigenvalue weighted by atomic mass is 10.0. The van der Waals surface area contributed by atoms with Crippen LogP contribution < -0.4 is 4.74 Å². The highest BCUT2D eigenvalue weighted by molar-refractivity contribution is 9.11. The molecule has 0 N–H and O–H groups in total. The summed E-state index contributed by atoms with van der Waals surface area (Å²) >= 11 is 10.3. The third kappa shape index (κ3) is 3.38. The van der Waals surface area contributed by atoms with E-state index in [2.05, 4.69) is 47.8 Å². The molecule has 0 amide bonds. The third-order valence-corrected chi connectivity index (χ3v) is 4.81. The average Bonchev–Trinajstić information content (AvgIpc) is 2.40. The Morgan fingerprint density at radius 1 is 1.16 bits per heavy atom. The van der Waals surface area contributed by atoms with Crippen LogP contribution in [-0.2, 0) is 0 Å². The molecule has 0 saturated heterocycles. The van der Waals surface area contributed by atoms with Crippen LogP contribution in [0.25, 0.3) is 0 Å². The summed E-state index contributed by atoms with van der Waals surface area (Å²) in [4.78, 5) is -0.0724. The lowest BCUT2D eigenvalue weighted by molar-refractivity contribution is 0.406. The van der Waals surface area contributed by atoms with Crippen LogP contribution in [0.1, 0.15) is 16.0 Å². The summed E-state index contributed by atoms with van der Waals surface area (Å²) in [5.74, 6) is 0.178. The Kier molecular flexibility index (Phi) is 5.03. The fraction of sp³-hybridized carbons (Fsp3) is 0.143. The SMILES string of the molecule is COc1cc(F)c(Br)cc1C(Br)c1cccc(Br)c1. The minimum absolute atomic E-state index is 0.0724. The second kappa shape index (κ2) is 6.37. The Morgan fingerprint density at radius 2 is 1.89 bits per heavy atom. The maximum absolute atomic E-state index is 13.5. The van der Waals surface area contributed by atoms with Gasteiger partial charge in [0.1, 0.15) is 11.6 Å². The Balaban J connectivity index is 2.49. The molecule has 1 unspecified atom stereocenters. The molecule has 0 spiro atoms. The van der Waals surface area contributed by atoms with E-state index in [1.807, 2.05) is 24.3 Å². The number of alkyl halides is 1. The van der Waals surface area contributed by atoms with Gasteiger partial charge in [-0.25, -0.2) is 4.39 Å². The number of hydrogen-bond acceptors (Lipinski definition) is 1. The van der Waals surface area contributed by atoms with E-state index in [-0.39, 0.29) is 10.6 Å². The van der Waals surface area contributed by atoms with Gasteiger partial charge in [-0.15, -0.1) is 0 Å². The van der Waals surface area contributed by atoms with Gasteiger partial charge in [-0.05, 0) is 39.7 Å². The van der Waals surface area contributed by atoms with E-state index in [4.69, 9.17) is 4.74 Å². The first-order chi connectivity index (χ1) is 9.02. The Labute approximate surface area is 136 Å². The minimum Gasteiger partial charge on any atom is -0.496 e. The number of benzene rings is 2. The molecule has 0 fully saturated rings. The number of ether oxygens (including phenoxy) is 1. The summed E-state index contributed by atoms with van der Waals surface area (Å²) in [6.07, 6.45) is 0. The molecule has 5 heteroatoms. The number of hydrogen-bond donors (Lipinski definition) is 0. The van der Waals surface area contributed by atoms with Crippen LogP contribution in [0.5, 0.6) is 5.75 Å². The van der Waals surface area contributed by atoms with Crippen molar-refractivity contribution >= 4 is 47.8 Å². The maximum Gasteiger partial charge on any atom is 0.141 e. The van der Waals surface area contributed by atoms with Crippen molar-refractivity contribution in [2.24, 2.45) is 0 Å². The van der Waals surface area contributed by atoms with Crippen molar-refractivity contribution in [3.8, 4) is 5.75 Å². The number of halogens is 4. The largest absolute Gasteiger partial charge is 0.496 e. The molecule has 0 bridgehead atoms. The first-order valence-electron chi connectivity index (χ1n) is 5.45. The molecule has 0 saturated carbocycles. The Bertz CT molecular complexity index is 601. The molecule has 0 heterocycles. The van der Waals surface area contributed by atoms with Gasteiger partial charge < -0.3 is 4.74 Å². The van der Waals surface area contributed by atoms with Crippen molar-refractivity contribution < 1.29 is 9.13 Å². The lowest BCUT2D eigenvalue weighted by Gasteiger charge is -2.16. The first kappa shape index (κ1) is 15.0. The zero-order valence-electron chi connectivity index (χ0n) is 9.96. The summed E-state index contributed by atoms with van der Waals surface area (Å²) in [5.41, 5.74) is 1.93. The fourth-order valence-corrected chi connectivity index (χ4v) is 3.18. The monoisotopic (exact) mass is 450 g/mol. The van der Waals surface area contributed by atoms with Crippen molar-refractivity contribution in [3.05, 3.63) is 62.3 Å². The number of rotatable bonds is 3. The predicted molar refractivity (Wildman–Crippen MR) is 85.6 cm³/mol. The molecular weight excluding hydrogens is 443 g/mol. The van der Waals surface area contributed by atoms with Gasteiger partial charge in [0, 0.05) is 16.1 Å². The van der Waals surface area contributed by atoms with Crippen LogP contribution in [0, 0.1) is 5.82 Å². The van der Waals surface area contributed by atoms with E-state index < -0.39 is 0 Å². The van der Waals surface area contributed by atoms with Crippen molar-refractivity contribution in [2.45, 2.75) is 4.83 Å². The van der Waals surface area contributed by atoms with Gasteiger partial charge in [0.15, 0.2) is 0 Å². The second-order valence-corrected chi connectivity index (χ2v) is 6.61. The fourth-order valence-electron chi connectivity index (χ4n) is 1.76. The molecule has 0 aliphatic heterocycles. The van der Waals surface area contributed by atoms with Crippen molar-refractivity contribution in [3.63, 3.8) is 0 Å². The smallest absolute Gasteiger partial charge is 0.141 e. The molecule has 100 valence electrons. The summed E-state index contributed by atoms with van der Waals surface area (Å²) in [7, 11) is 1.53. The quantitative estimate of drug-likeness (QED) is 0.531. The van der Waals surface area contributed by atoms with Gasteiger partial charge >= 0.3 is 0 Å². The predicted octanol–water partition coefficient (Wildman–Crippen LogP) is 5.84. The van der Waals surface area contributed by atoms with Crippen molar-refractivity contribution in [1.29, 1.82) is 0 Å². The van der Waals surface area contributed by atoms with Gasteiger partial charge in [0.25, 0.3) is 0 Å². The molecular formula is C14H10Br3FO. The molecule has 0 aromatic heterocycles. The van der Waals surface area contributed by atoms with Crippen LogP contribution in [-0.4, -0.2) is 7.11 Å². The van der Waals surface area contributed by atoms with E-state index in [0.29, 0.717) is 10.2 Å². The van der Waals surface area contributed by atoms with Crippen molar-refractivity contribution in [1.82, 2.24) is 0 Å². The zero-order valence-corrected chi connectivity index (χ0v) is 14.7. The van der Waals surface area contributed by atoms with Gasteiger partial charge in [-0.3, -0.25) is 0 Å². The van der Waals surface area contributed by atoms with Gasteiger partial charge in [0.05, 0.1) is 16.4 Å². The van der Waals surface area contributed by atoms with E-state index in [1.165, 1.54) is 13.2 Å². The zero-order chi connectivity index (χ0) is 14.0. The van der Waals surface area contributed by atoms with E-state index in [9.17, 15) is 4.39 Å². The molecule has 2 aromatic rings. The van der Waals surface area contributed by atoms with Crippen LogP contribution in [0.3, 0.4) is 0 Å². The highest BCUT2D eigenvalue weighted by atomic mass is 79.9. The van der Waals surface area contributed by atoms with Crippen LogP contribution >= 0.6 is 47.8 Å². The third-order valence-electron chi connectivity index (χ3n) is 2.69. The van der Waals surface area contributed by atoms with Crippen LogP contribution in [0.4, 0.5) is 4.39 Å². The molecule has 2 rings (SSSR count). The van der Waals surface area contributed by atoms with Gasteiger partial charge in [-0.2, -0.15) is 0 Å². The van der Waals surface area contributed by atoms with Crippen molar-refractivity contribution in [2.75, 3.05) is 7.11 Å². The number of methoxy groups -OCH3 is 1. The molecule has 0 radical (unpaired) electrons. The van der Waals surface area contributed by atoms with E-state index in [0.717, 1.165) is 15.6 Å². The summed E-state index contributed by atoms with van der Waals surface area (Å²) in [6.45, 7) is 0. The molecule has 1 atom stereocenters. The average molecular weight is 453 g/mol. The molecule has 0 aliphatic rings. The molecule has 2 aromatic carbocycles. The summed E-state index contributed by atoms with van der Waals surface area (Å²) < 4.78 is 20.2. The van der Waals surface area contributed by atoms with Crippen LogP contribution in [0.15, 0.2) is 45.3 Å².